The summed E-state index contributed by atoms with van der Waals surface area (Å²) >= 11 is 0. The Hall–Kier alpha value is -2.76. The fraction of sp³-hybridized carbons (Fsp3) is 0.429. The highest BCUT2D eigenvalue weighted by atomic mass is 16.2. The summed E-state index contributed by atoms with van der Waals surface area (Å²) in [6.07, 6.45) is 3.44. The van der Waals surface area contributed by atoms with Gasteiger partial charge in [0, 0.05) is 23.7 Å². The average molecular weight is 367 g/mol. The van der Waals surface area contributed by atoms with Gasteiger partial charge >= 0.3 is 0 Å². The molecule has 142 valence electrons. The van der Waals surface area contributed by atoms with E-state index in [1.165, 1.54) is 9.58 Å². The van der Waals surface area contributed by atoms with Crippen LogP contribution in [0.2, 0.25) is 0 Å². The van der Waals surface area contributed by atoms with Crippen LogP contribution < -0.4 is 0 Å². The highest BCUT2D eigenvalue weighted by molar-refractivity contribution is 6.38. The molecule has 1 amide bonds. The number of rotatable bonds is 5. The summed E-state index contributed by atoms with van der Waals surface area (Å²) in [6.45, 7) is 5.83. The van der Waals surface area contributed by atoms with E-state index < -0.39 is 23.1 Å². The quantitative estimate of drug-likeness (QED) is 0.761. The second kappa shape index (κ2) is 7.47. The van der Waals surface area contributed by atoms with Gasteiger partial charge in [0.05, 0.1) is 5.69 Å². The predicted molar refractivity (Wildman–Crippen MR) is 102 cm³/mol. The number of amides is 1. The smallest absolute Gasteiger partial charge is 0.291 e. The van der Waals surface area contributed by atoms with Crippen molar-refractivity contribution in [1.29, 1.82) is 0 Å². The molecule has 0 bridgehead atoms. The molecule has 3 rings (SSSR count). The predicted octanol–water partition coefficient (Wildman–Crippen LogP) is 3.19. The van der Waals surface area contributed by atoms with Crippen LogP contribution >= 0.6 is 0 Å². The first-order valence-corrected chi connectivity index (χ1v) is 9.36. The first kappa shape index (κ1) is 19.0. The van der Waals surface area contributed by atoms with Gasteiger partial charge in [0.2, 0.25) is 5.78 Å². The first-order valence-electron chi connectivity index (χ1n) is 9.36. The molecule has 1 unspecified atom stereocenters. The minimum absolute atomic E-state index is 0.273. The van der Waals surface area contributed by atoms with Crippen LogP contribution in [0.3, 0.4) is 0 Å². The summed E-state index contributed by atoms with van der Waals surface area (Å²) < 4.78 is 1.29. The highest BCUT2D eigenvalue weighted by Gasteiger charge is 2.41. The molecule has 0 spiro atoms. The zero-order valence-electron chi connectivity index (χ0n) is 16.0. The van der Waals surface area contributed by atoms with E-state index in [2.05, 4.69) is 5.10 Å². The van der Waals surface area contributed by atoms with Gasteiger partial charge in [0.15, 0.2) is 0 Å². The molecule has 1 aliphatic rings. The molecule has 1 aliphatic heterocycles. The number of nitrogens with zero attached hydrogens (tertiary/aromatic N) is 3. The Morgan fingerprint density at radius 1 is 1.15 bits per heavy atom. The van der Waals surface area contributed by atoms with Crippen LogP contribution in [0.4, 0.5) is 0 Å². The first-order chi connectivity index (χ1) is 12.8. The minimum atomic E-state index is -0.723. The van der Waals surface area contributed by atoms with Crippen molar-refractivity contribution in [3.63, 3.8) is 0 Å². The van der Waals surface area contributed by atoms with Gasteiger partial charge in [0.25, 0.3) is 11.8 Å². The van der Waals surface area contributed by atoms with E-state index in [4.69, 9.17) is 0 Å². The number of hydrogen-bond donors (Lipinski definition) is 0. The van der Waals surface area contributed by atoms with E-state index >= 15 is 0 Å². The third-order valence-corrected chi connectivity index (χ3v) is 5.38. The lowest BCUT2D eigenvalue weighted by Gasteiger charge is -2.27. The Morgan fingerprint density at radius 3 is 2.52 bits per heavy atom. The number of Topliss-reactive ketones (excluding diaryl/α,β-unsaturated/α-hetero) is 1. The molecule has 0 aliphatic carbocycles. The highest BCUT2D eigenvalue weighted by Crippen LogP contribution is 2.26. The van der Waals surface area contributed by atoms with Gasteiger partial charge in [-0.05, 0) is 25.3 Å². The van der Waals surface area contributed by atoms with Gasteiger partial charge in [-0.2, -0.15) is 5.10 Å². The molecule has 1 aromatic heterocycles. The van der Waals surface area contributed by atoms with Crippen molar-refractivity contribution in [3.8, 4) is 11.3 Å². The van der Waals surface area contributed by atoms with Crippen LogP contribution in [-0.4, -0.2) is 44.9 Å². The van der Waals surface area contributed by atoms with Crippen molar-refractivity contribution in [2.45, 2.75) is 46.1 Å². The van der Waals surface area contributed by atoms with Crippen molar-refractivity contribution >= 4 is 17.6 Å². The van der Waals surface area contributed by atoms with Crippen LogP contribution in [0.15, 0.2) is 42.6 Å². The Morgan fingerprint density at radius 2 is 1.85 bits per heavy atom. The number of benzene rings is 1. The third kappa shape index (κ3) is 3.70. The van der Waals surface area contributed by atoms with E-state index in [1.54, 1.807) is 26.1 Å². The normalized spacial score (nSPS) is 17.1. The van der Waals surface area contributed by atoms with E-state index in [1.807, 2.05) is 37.3 Å². The molecule has 6 heteroatoms. The molecular formula is C21H25N3O3. The van der Waals surface area contributed by atoms with Gasteiger partial charge < -0.3 is 4.90 Å². The van der Waals surface area contributed by atoms with Gasteiger partial charge in [-0.3, -0.25) is 14.4 Å². The lowest BCUT2D eigenvalue weighted by atomic mass is 9.84. The SMILES string of the molecule is CCC(C)(C)C(=O)C(=O)N1CCCC1C(=O)n1ccc(-c2ccccc2)n1. The van der Waals surface area contributed by atoms with E-state index in [0.29, 0.717) is 31.5 Å². The van der Waals surface area contributed by atoms with Crippen LogP contribution in [0.25, 0.3) is 11.3 Å². The summed E-state index contributed by atoms with van der Waals surface area (Å²) in [5.41, 5.74) is 0.894. The van der Waals surface area contributed by atoms with Crippen LogP contribution in [0.5, 0.6) is 0 Å². The maximum absolute atomic E-state index is 12.9. The number of likely N-dealkylation sites (tertiary alicyclic amines) is 1. The van der Waals surface area contributed by atoms with E-state index in [0.717, 1.165) is 5.56 Å². The third-order valence-electron chi connectivity index (χ3n) is 5.38. The van der Waals surface area contributed by atoms with Crippen LogP contribution in [-0.2, 0) is 9.59 Å². The molecule has 0 saturated carbocycles. The molecule has 0 radical (unpaired) electrons. The second-order valence-corrected chi connectivity index (χ2v) is 7.57. The monoisotopic (exact) mass is 367 g/mol. The zero-order chi connectivity index (χ0) is 19.6. The molecule has 2 heterocycles. The topological polar surface area (TPSA) is 72.3 Å². The number of hydrogen-bond acceptors (Lipinski definition) is 4. The largest absolute Gasteiger partial charge is 0.324 e. The summed E-state index contributed by atoms with van der Waals surface area (Å²) in [7, 11) is 0. The Kier molecular flexibility index (Phi) is 5.26. The molecule has 1 atom stereocenters. The van der Waals surface area contributed by atoms with Crippen molar-refractivity contribution in [2.75, 3.05) is 6.54 Å². The van der Waals surface area contributed by atoms with E-state index in [-0.39, 0.29) is 5.91 Å². The number of carbonyl (C=O) groups excluding carboxylic acids is 3. The van der Waals surface area contributed by atoms with Gasteiger partial charge in [-0.1, -0.05) is 51.1 Å². The lowest BCUT2D eigenvalue weighted by Crippen LogP contribution is -2.48. The van der Waals surface area contributed by atoms with Gasteiger partial charge in [-0.25, -0.2) is 4.68 Å². The van der Waals surface area contributed by atoms with Crippen LogP contribution in [0.1, 0.15) is 44.8 Å². The van der Waals surface area contributed by atoms with Crippen molar-refractivity contribution in [1.82, 2.24) is 14.7 Å². The fourth-order valence-electron chi connectivity index (χ4n) is 3.21. The molecule has 27 heavy (non-hydrogen) atoms. The molecule has 1 saturated heterocycles. The molecule has 6 nitrogen and oxygen atoms in total. The number of aromatic nitrogens is 2. The molecule has 1 aromatic carbocycles. The van der Waals surface area contributed by atoms with Crippen molar-refractivity contribution < 1.29 is 14.4 Å². The molecule has 0 N–H and O–H groups in total. The minimum Gasteiger partial charge on any atom is -0.324 e. The van der Waals surface area contributed by atoms with E-state index in [9.17, 15) is 14.4 Å². The Balaban J connectivity index is 1.79. The molecule has 1 fully saturated rings. The maximum atomic E-state index is 12.9. The summed E-state index contributed by atoms with van der Waals surface area (Å²) in [5, 5.41) is 4.37. The lowest BCUT2D eigenvalue weighted by molar-refractivity contribution is -0.149. The Bertz CT molecular complexity index is 855. The fourth-order valence-corrected chi connectivity index (χ4v) is 3.21. The number of carbonyl (C=O) groups is 3. The van der Waals surface area contributed by atoms with Gasteiger partial charge in [0.1, 0.15) is 6.04 Å². The second-order valence-electron chi connectivity index (χ2n) is 7.57. The standard InChI is InChI=1S/C21H25N3O3/c1-4-21(2,3)18(25)20(27)23-13-8-11-17(23)19(26)24-14-12-16(22-24)15-9-6-5-7-10-15/h5-7,9-10,12,14,17H,4,8,11,13H2,1-3H3. The van der Waals surface area contributed by atoms with Crippen molar-refractivity contribution in [3.05, 3.63) is 42.6 Å². The molecular weight excluding hydrogens is 342 g/mol. The average Bonchev–Trinajstić information content (AvgIpc) is 3.36. The summed E-state index contributed by atoms with van der Waals surface area (Å²) in [4.78, 5) is 39.6. The maximum Gasteiger partial charge on any atom is 0.291 e. The zero-order valence-corrected chi connectivity index (χ0v) is 16.0. The summed E-state index contributed by atoms with van der Waals surface area (Å²) in [6, 6.07) is 10.7. The summed E-state index contributed by atoms with van der Waals surface area (Å²) in [5.74, 6) is -1.27. The van der Waals surface area contributed by atoms with Crippen molar-refractivity contribution in [2.24, 2.45) is 5.41 Å². The number of ketones is 1. The van der Waals surface area contributed by atoms with Crippen LogP contribution in [0, 0.1) is 5.41 Å². The molecule has 2 aromatic rings. The Labute approximate surface area is 159 Å². The van der Waals surface area contributed by atoms with Gasteiger partial charge in [-0.15, -0.1) is 0 Å².